The number of anilines is 1. The molecule has 2 heterocycles. The lowest BCUT2D eigenvalue weighted by molar-refractivity contribution is -0.384. The number of nitrogens with zero attached hydrogens (tertiary/aromatic N) is 4. The van der Waals surface area contributed by atoms with E-state index in [9.17, 15) is 14.9 Å². The van der Waals surface area contributed by atoms with E-state index in [2.05, 4.69) is 15.4 Å². The van der Waals surface area contributed by atoms with Crippen LogP contribution in [0.2, 0.25) is 0 Å². The van der Waals surface area contributed by atoms with Crippen LogP contribution in [0.4, 0.5) is 11.5 Å². The van der Waals surface area contributed by atoms with Gasteiger partial charge in [0, 0.05) is 38.5 Å². The fourth-order valence-corrected chi connectivity index (χ4v) is 1.75. The van der Waals surface area contributed by atoms with Crippen molar-refractivity contribution in [3.63, 3.8) is 0 Å². The molecule has 0 saturated carbocycles. The van der Waals surface area contributed by atoms with Crippen molar-refractivity contribution in [2.24, 2.45) is 7.05 Å². The molecule has 0 saturated heterocycles. The summed E-state index contributed by atoms with van der Waals surface area (Å²) in [7, 11) is 1.80. The Morgan fingerprint density at radius 2 is 2.33 bits per heavy atom. The molecule has 0 aliphatic heterocycles. The van der Waals surface area contributed by atoms with Crippen molar-refractivity contribution in [3.8, 4) is 0 Å². The number of carboxylic acids is 1. The van der Waals surface area contributed by atoms with Gasteiger partial charge in [-0.3, -0.25) is 14.8 Å². The van der Waals surface area contributed by atoms with E-state index in [1.54, 1.807) is 17.9 Å². The molecule has 0 bridgehead atoms. The SMILES string of the molecule is Cn1ccc(CCNc2ncc(C(=O)O)cc2[N+](=O)[O-])n1. The summed E-state index contributed by atoms with van der Waals surface area (Å²) >= 11 is 0. The minimum Gasteiger partial charge on any atom is -0.478 e. The summed E-state index contributed by atoms with van der Waals surface area (Å²) in [5.74, 6) is -1.22. The lowest BCUT2D eigenvalue weighted by Gasteiger charge is -2.05. The van der Waals surface area contributed by atoms with Crippen LogP contribution in [-0.2, 0) is 13.5 Å². The summed E-state index contributed by atoms with van der Waals surface area (Å²) in [6, 6.07) is 2.83. The van der Waals surface area contributed by atoms with Crippen LogP contribution in [0.3, 0.4) is 0 Å². The number of pyridine rings is 1. The first-order valence-corrected chi connectivity index (χ1v) is 6.07. The van der Waals surface area contributed by atoms with Gasteiger partial charge < -0.3 is 10.4 Å². The third-order valence-electron chi connectivity index (χ3n) is 2.75. The van der Waals surface area contributed by atoms with Crippen LogP contribution in [0.1, 0.15) is 16.1 Å². The molecular weight excluding hydrogens is 278 g/mol. The molecule has 0 unspecified atom stereocenters. The summed E-state index contributed by atoms with van der Waals surface area (Å²) in [6.07, 6.45) is 3.45. The third kappa shape index (κ3) is 3.53. The molecule has 0 atom stereocenters. The smallest absolute Gasteiger partial charge is 0.337 e. The molecule has 9 heteroatoms. The number of nitrogens with one attached hydrogen (secondary N) is 1. The summed E-state index contributed by atoms with van der Waals surface area (Å²) < 4.78 is 1.66. The van der Waals surface area contributed by atoms with Crippen LogP contribution in [0, 0.1) is 10.1 Å². The standard InChI is InChI=1S/C12H13N5O4/c1-16-5-3-9(15-16)2-4-13-11-10(17(20)21)6-8(7-14-11)12(18)19/h3,5-7H,2,4H2,1H3,(H,13,14)(H,18,19). The predicted molar refractivity (Wildman–Crippen MR) is 73.3 cm³/mol. The number of carboxylic acid groups (broad SMARTS) is 1. The lowest BCUT2D eigenvalue weighted by Crippen LogP contribution is -2.10. The Hall–Kier alpha value is -2.97. The number of nitro groups is 1. The Bertz CT molecular complexity index is 682. The molecular formula is C12H13N5O4. The molecule has 2 N–H and O–H groups in total. The van der Waals surface area contributed by atoms with Crippen molar-refractivity contribution < 1.29 is 14.8 Å². The van der Waals surface area contributed by atoms with Gasteiger partial charge in [-0.05, 0) is 6.07 Å². The molecule has 21 heavy (non-hydrogen) atoms. The first kappa shape index (κ1) is 14.4. The first-order valence-electron chi connectivity index (χ1n) is 6.07. The van der Waals surface area contributed by atoms with Gasteiger partial charge in [0.05, 0.1) is 16.2 Å². The van der Waals surface area contributed by atoms with Gasteiger partial charge in [0.1, 0.15) is 0 Å². The van der Waals surface area contributed by atoms with Gasteiger partial charge in [0.25, 0.3) is 0 Å². The van der Waals surface area contributed by atoms with Gasteiger partial charge in [0.15, 0.2) is 0 Å². The minimum absolute atomic E-state index is 0.0425. The summed E-state index contributed by atoms with van der Waals surface area (Å²) in [6.45, 7) is 0.400. The van der Waals surface area contributed by atoms with Crippen LogP contribution < -0.4 is 5.32 Å². The Kier molecular flexibility index (Phi) is 4.12. The maximum atomic E-state index is 10.9. The number of aromatic carboxylic acids is 1. The van der Waals surface area contributed by atoms with E-state index in [1.165, 1.54) is 0 Å². The molecule has 0 aromatic carbocycles. The fraction of sp³-hybridized carbons (Fsp3) is 0.250. The van der Waals surface area contributed by atoms with Crippen molar-refractivity contribution in [1.29, 1.82) is 0 Å². The van der Waals surface area contributed by atoms with Crippen molar-refractivity contribution in [1.82, 2.24) is 14.8 Å². The number of carbonyl (C=O) groups is 1. The second kappa shape index (κ2) is 5.99. The number of hydrogen-bond donors (Lipinski definition) is 2. The van der Waals surface area contributed by atoms with E-state index >= 15 is 0 Å². The Morgan fingerprint density at radius 3 is 2.90 bits per heavy atom. The zero-order chi connectivity index (χ0) is 15.4. The molecule has 2 aromatic rings. The molecule has 110 valence electrons. The molecule has 0 spiro atoms. The van der Waals surface area contributed by atoms with E-state index in [4.69, 9.17) is 5.11 Å². The minimum atomic E-state index is -1.26. The van der Waals surface area contributed by atoms with Crippen molar-refractivity contribution in [2.45, 2.75) is 6.42 Å². The fourth-order valence-electron chi connectivity index (χ4n) is 1.75. The summed E-state index contributed by atoms with van der Waals surface area (Å²) in [5.41, 5.74) is 0.253. The second-order valence-electron chi connectivity index (χ2n) is 4.31. The Morgan fingerprint density at radius 1 is 1.57 bits per heavy atom. The number of aryl methyl sites for hydroxylation is 1. The molecule has 2 aromatic heterocycles. The topological polar surface area (TPSA) is 123 Å². The van der Waals surface area contributed by atoms with Gasteiger partial charge >= 0.3 is 11.7 Å². The van der Waals surface area contributed by atoms with Crippen LogP contribution >= 0.6 is 0 Å². The predicted octanol–water partition coefficient (Wildman–Crippen LogP) is 1.08. The van der Waals surface area contributed by atoms with Gasteiger partial charge in [-0.1, -0.05) is 0 Å². The second-order valence-corrected chi connectivity index (χ2v) is 4.31. The zero-order valence-electron chi connectivity index (χ0n) is 11.2. The normalized spacial score (nSPS) is 10.3. The van der Waals surface area contributed by atoms with E-state index < -0.39 is 10.9 Å². The monoisotopic (exact) mass is 291 g/mol. The molecule has 0 aliphatic carbocycles. The largest absolute Gasteiger partial charge is 0.478 e. The zero-order valence-corrected chi connectivity index (χ0v) is 11.2. The summed E-state index contributed by atoms with van der Waals surface area (Å²) in [5, 5.41) is 26.8. The molecule has 9 nitrogen and oxygen atoms in total. The molecule has 0 aliphatic rings. The molecule has 0 radical (unpaired) electrons. The van der Waals surface area contributed by atoms with Gasteiger partial charge in [0.2, 0.25) is 5.82 Å². The van der Waals surface area contributed by atoms with E-state index in [-0.39, 0.29) is 17.1 Å². The van der Waals surface area contributed by atoms with Crippen LogP contribution in [0.25, 0.3) is 0 Å². The van der Waals surface area contributed by atoms with Gasteiger partial charge in [-0.15, -0.1) is 0 Å². The van der Waals surface area contributed by atoms with E-state index in [0.717, 1.165) is 18.0 Å². The molecule has 0 amide bonds. The molecule has 0 fully saturated rings. The highest BCUT2D eigenvalue weighted by atomic mass is 16.6. The highest BCUT2D eigenvalue weighted by Gasteiger charge is 2.18. The lowest BCUT2D eigenvalue weighted by atomic mass is 10.2. The Balaban J connectivity index is 2.08. The molecule has 2 rings (SSSR count). The maximum absolute atomic E-state index is 10.9. The average Bonchev–Trinajstić information content (AvgIpc) is 2.84. The van der Waals surface area contributed by atoms with E-state index in [1.807, 2.05) is 6.07 Å². The highest BCUT2D eigenvalue weighted by molar-refractivity contribution is 5.88. The number of aromatic nitrogens is 3. The highest BCUT2D eigenvalue weighted by Crippen LogP contribution is 2.22. The van der Waals surface area contributed by atoms with Gasteiger partial charge in [-0.2, -0.15) is 5.10 Å². The maximum Gasteiger partial charge on any atom is 0.337 e. The number of rotatable bonds is 6. The first-order chi connectivity index (χ1) is 9.97. The van der Waals surface area contributed by atoms with Gasteiger partial charge in [-0.25, -0.2) is 9.78 Å². The van der Waals surface area contributed by atoms with Crippen molar-refractivity contribution >= 4 is 17.5 Å². The van der Waals surface area contributed by atoms with Crippen molar-refractivity contribution in [2.75, 3.05) is 11.9 Å². The quantitative estimate of drug-likeness (QED) is 0.602. The van der Waals surface area contributed by atoms with Crippen LogP contribution in [0.5, 0.6) is 0 Å². The van der Waals surface area contributed by atoms with E-state index in [0.29, 0.717) is 13.0 Å². The van der Waals surface area contributed by atoms with Crippen molar-refractivity contribution in [3.05, 3.63) is 45.9 Å². The van der Waals surface area contributed by atoms with Crippen LogP contribution in [0.15, 0.2) is 24.5 Å². The number of hydrogen-bond acceptors (Lipinski definition) is 6. The summed E-state index contributed by atoms with van der Waals surface area (Å²) in [4.78, 5) is 24.9. The third-order valence-corrected chi connectivity index (χ3v) is 2.75. The Labute approximate surface area is 119 Å². The van der Waals surface area contributed by atoms with Crippen LogP contribution in [-0.4, -0.2) is 37.3 Å². The average molecular weight is 291 g/mol.